The topological polar surface area (TPSA) is 58.2 Å². The third kappa shape index (κ3) is 4.22. The Morgan fingerprint density at radius 3 is 2.45 bits per heavy atom. The summed E-state index contributed by atoms with van der Waals surface area (Å²) >= 11 is 1.48. The van der Waals surface area contributed by atoms with E-state index in [4.69, 9.17) is 0 Å². The first-order valence-corrected chi connectivity index (χ1v) is 10.4. The predicted molar refractivity (Wildman–Crippen MR) is 114 cm³/mol. The maximum atomic E-state index is 13.2. The van der Waals surface area contributed by atoms with Crippen molar-refractivity contribution in [3.63, 3.8) is 0 Å². The van der Waals surface area contributed by atoms with Gasteiger partial charge in [0.15, 0.2) is 0 Å². The van der Waals surface area contributed by atoms with Gasteiger partial charge in [-0.15, -0.1) is 11.3 Å². The lowest BCUT2D eigenvalue weighted by Crippen LogP contribution is -2.19. The number of carbonyl (C=O) groups excluding carboxylic acids is 2. The van der Waals surface area contributed by atoms with E-state index < -0.39 is 0 Å². The lowest BCUT2D eigenvalue weighted by Gasteiger charge is -2.18. The number of carbonyl (C=O) groups is 2. The highest BCUT2D eigenvalue weighted by Crippen LogP contribution is 2.40. The summed E-state index contributed by atoms with van der Waals surface area (Å²) in [6.07, 6.45) is 2.71. The molecular weight excluding hydrogens is 387 g/mol. The van der Waals surface area contributed by atoms with Gasteiger partial charge in [0.2, 0.25) is 0 Å². The molecule has 1 aliphatic rings. The molecule has 0 radical (unpaired) electrons. The van der Waals surface area contributed by atoms with Crippen LogP contribution in [0.1, 0.15) is 44.5 Å². The van der Waals surface area contributed by atoms with Crippen molar-refractivity contribution in [1.29, 1.82) is 0 Å². The summed E-state index contributed by atoms with van der Waals surface area (Å²) in [6.45, 7) is 2.20. The fraction of sp³-hybridized carbons (Fsp3) is 0.217. The second-order valence-corrected chi connectivity index (χ2v) is 8.44. The second kappa shape index (κ2) is 8.17. The number of thiophene rings is 1. The first-order valence-electron chi connectivity index (χ1n) is 9.59. The van der Waals surface area contributed by atoms with Crippen LogP contribution in [-0.4, -0.2) is 11.8 Å². The van der Waals surface area contributed by atoms with E-state index in [2.05, 4.69) is 17.6 Å². The first-order chi connectivity index (χ1) is 14.0. The quantitative estimate of drug-likeness (QED) is 0.597. The Labute approximate surface area is 172 Å². The Bertz CT molecular complexity index is 1040. The van der Waals surface area contributed by atoms with E-state index in [0.29, 0.717) is 27.7 Å². The average Bonchev–Trinajstić information content (AvgIpc) is 3.07. The van der Waals surface area contributed by atoms with Gasteiger partial charge in [-0.2, -0.15) is 0 Å². The molecule has 1 unspecified atom stereocenters. The highest BCUT2D eigenvalue weighted by molar-refractivity contribution is 7.17. The lowest BCUT2D eigenvalue weighted by atomic mass is 9.88. The zero-order valence-electron chi connectivity index (χ0n) is 16.0. The van der Waals surface area contributed by atoms with Crippen molar-refractivity contribution in [2.75, 3.05) is 10.6 Å². The molecule has 148 valence electrons. The molecule has 1 atom stereocenters. The average molecular weight is 408 g/mol. The lowest BCUT2D eigenvalue weighted by molar-refractivity contribution is 0.102. The van der Waals surface area contributed by atoms with Gasteiger partial charge in [-0.25, -0.2) is 4.39 Å². The van der Waals surface area contributed by atoms with E-state index in [1.807, 2.05) is 6.07 Å². The van der Waals surface area contributed by atoms with Crippen molar-refractivity contribution in [3.05, 3.63) is 82.0 Å². The van der Waals surface area contributed by atoms with Crippen molar-refractivity contribution in [2.24, 2.45) is 5.92 Å². The third-order valence-corrected chi connectivity index (χ3v) is 6.27. The number of anilines is 2. The summed E-state index contributed by atoms with van der Waals surface area (Å²) in [7, 11) is 0. The molecule has 0 bridgehead atoms. The molecule has 0 saturated heterocycles. The molecule has 0 spiro atoms. The fourth-order valence-electron chi connectivity index (χ4n) is 3.57. The molecule has 1 aliphatic carbocycles. The molecular formula is C23H21FN2O2S. The number of fused-ring (bicyclic) bond motifs is 1. The minimum atomic E-state index is -0.360. The number of amides is 2. The van der Waals surface area contributed by atoms with E-state index in [-0.39, 0.29) is 17.6 Å². The number of halogens is 1. The van der Waals surface area contributed by atoms with Crippen LogP contribution in [0.3, 0.4) is 0 Å². The van der Waals surface area contributed by atoms with Gasteiger partial charge in [0, 0.05) is 16.1 Å². The van der Waals surface area contributed by atoms with Gasteiger partial charge in [-0.05, 0) is 67.1 Å². The van der Waals surface area contributed by atoms with Gasteiger partial charge in [-0.1, -0.05) is 25.1 Å². The highest BCUT2D eigenvalue weighted by Gasteiger charge is 2.28. The van der Waals surface area contributed by atoms with Gasteiger partial charge in [-0.3, -0.25) is 9.59 Å². The van der Waals surface area contributed by atoms with Crippen LogP contribution in [0.2, 0.25) is 0 Å². The van der Waals surface area contributed by atoms with E-state index in [9.17, 15) is 14.0 Å². The highest BCUT2D eigenvalue weighted by atomic mass is 32.1. The van der Waals surface area contributed by atoms with E-state index in [0.717, 1.165) is 29.7 Å². The van der Waals surface area contributed by atoms with Crippen LogP contribution >= 0.6 is 11.3 Å². The molecule has 1 aromatic heterocycles. The molecule has 29 heavy (non-hydrogen) atoms. The minimum absolute atomic E-state index is 0.243. The van der Waals surface area contributed by atoms with Gasteiger partial charge in [0.25, 0.3) is 11.8 Å². The Morgan fingerprint density at radius 2 is 1.72 bits per heavy atom. The monoisotopic (exact) mass is 408 g/mol. The molecule has 6 heteroatoms. The predicted octanol–water partition coefficient (Wildman–Crippen LogP) is 5.52. The SMILES string of the molecule is CC1CCc2c(sc(NC(=O)c3ccccc3)c2C(=O)Nc2ccc(F)cc2)C1. The molecule has 2 aromatic carbocycles. The van der Waals surface area contributed by atoms with Crippen LogP contribution in [0.4, 0.5) is 15.1 Å². The van der Waals surface area contributed by atoms with Crippen molar-refractivity contribution < 1.29 is 14.0 Å². The molecule has 4 rings (SSSR count). The van der Waals surface area contributed by atoms with Crippen molar-refractivity contribution >= 4 is 33.8 Å². The van der Waals surface area contributed by atoms with E-state index in [1.54, 1.807) is 24.3 Å². The van der Waals surface area contributed by atoms with Crippen LogP contribution in [0.25, 0.3) is 0 Å². The number of nitrogens with one attached hydrogen (secondary N) is 2. The smallest absolute Gasteiger partial charge is 0.258 e. The van der Waals surface area contributed by atoms with Gasteiger partial charge < -0.3 is 10.6 Å². The Morgan fingerprint density at radius 1 is 1.00 bits per heavy atom. The molecule has 3 aromatic rings. The summed E-state index contributed by atoms with van der Waals surface area (Å²) in [5, 5.41) is 6.34. The zero-order chi connectivity index (χ0) is 20.4. The Balaban J connectivity index is 1.66. The molecule has 2 amide bonds. The van der Waals surface area contributed by atoms with Gasteiger partial charge in [0.1, 0.15) is 10.8 Å². The van der Waals surface area contributed by atoms with Crippen LogP contribution in [0, 0.1) is 11.7 Å². The van der Waals surface area contributed by atoms with Crippen molar-refractivity contribution in [3.8, 4) is 0 Å². The molecule has 2 N–H and O–H groups in total. The number of hydrogen-bond donors (Lipinski definition) is 2. The normalized spacial score (nSPS) is 15.4. The van der Waals surface area contributed by atoms with Crippen LogP contribution in [0.15, 0.2) is 54.6 Å². The van der Waals surface area contributed by atoms with Crippen molar-refractivity contribution in [2.45, 2.75) is 26.2 Å². The number of hydrogen-bond acceptors (Lipinski definition) is 3. The fourth-order valence-corrected chi connectivity index (χ4v) is 4.97. The van der Waals surface area contributed by atoms with Crippen molar-refractivity contribution in [1.82, 2.24) is 0 Å². The summed E-state index contributed by atoms with van der Waals surface area (Å²) < 4.78 is 13.2. The van der Waals surface area contributed by atoms with Crippen LogP contribution in [0.5, 0.6) is 0 Å². The standard InChI is InChI=1S/C23H21FN2O2S/c1-14-7-12-18-19(13-14)29-23(26-21(27)15-5-3-2-4-6-15)20(18)22(28)25-17-10-8-16(24)9-11-17/h2-6,8-11,14H,7,12-13H2,1H3,(H,25,28)(H,26,27). The maximum Gasteiger partial charge on any atom is 0.258 e. The van der Waals surface area contributed by atoms with Crippen LogP contribution < -0.4 is 10.6 Å². The molecule has 4 nitrogen and oxygen atoms in total. The molecule has 0 fully saturated rings. The zero-order valence-corrected chi connectivity index (χ0v) is 16.8. The second-order valence-electron chi connectivity index (χ2n) is 7.34. The van der Waals surface area contributed by atoms with E-state index >= 15 is 0 Å². The first kappa shape index (κ1) is 19.3. The minimum Gasteiger partial charge on any atom is -0.322 e. The summed E-state index contributed by atoms with van der Waals surface area (Å²) in [4.78, 5) is 26.9. The van der Waals surface area contributed by atoms with Crippen LogP contribution in [-0.2, 0) is 12.8 Å². The van der Waals surface area contributed by atoms with E-state index in [1.165, 1.54) is 35.6 Å². The number of benzene rings is 2. The van der Waals surface area contributed by atoms with Gasteiger partial charge >= 0.3 is 0 Å². The summed E-state index contributed by atoms with van der Waals surface area (Å²) in [5.74, 6) is -0.340. The molecule has 0 aliphatic heterocycles. The maximum absolute atomic E-state index is 13.2. The third-order valence-electron chi connectivity index (χ3n) is 5.10. The molecule has 1 heterocycles. The number of rotatable bonds is 4. The molecule has 0 saturated carbocycles. The Hall–Kier alpha value is -2.99. The van der Waals surface area contributed by atoms with Gasteiger partial charge in [0.05, 0.1) is 5.56 Å². The Kier molecular flexibility index (Phi) is 5.45. The summed E-state index contributed by atoms with van der Waals surface area (Å²) in [5.41, 5.74) is 2.58. The largest absolute Gasteiger partial charge is 0.322 e. The summed E-state index contributed by atoms with van der Waals surface area (Å²) in [6, 6.07) is 14.6.